The van der Waals surface area contributed by atoms with Crippen LogP contribution in [0.3, 0.4) is 0 Å². The van der Waals surface area contributed by atoms with Gasteiger partial charge >= 0.3 is 0 Å². The van der Waals surface area contributed by atoms with E-state index in [1.165, 1.54) is 43.0 Å². The van der Waals surface area contributed by atoms with Crippen LogP contribution < -0.4 is 5.32 Å². The van der Waals surface area contributed by atoms with E-state index in [2.05, 4.69) is 22.4 Å². The Morgan fingerprint density at radius 2 is 2.12 bits per heavy atom. The van der Waals surface area contributed by atoms with Crippen molar-refractivity contribution in [3.63, 3.8) is 0 Å². The van der Waals surface area contributed by atoms with Crippen molar-refractivity contribution in [3.05, 3.63) is 48.0 Å². The van der Waals surface area contributed by atoms with Gasteiger partial charge in [-0.15, -0.1) is 0 Å². The molecule has 3 rings (SSSR count). The summed E-state index contributed by atoms with van der Waals surface area (Å²) in [5, 5.41) is 4.94. The molecule has 0 bridgehead atoms. The van der Waals surface area contributed by atoms with Gasteiger partial charge < -0.3 is 5.32 Å². The van der Waals surface area contributed by atoms with Gasteiger partial charge in [-0.25, -0.2) is 4.98 Å². The molecule has 0 aliphatic heterocycles. The number of aromatic nitrogens is 1. The van der Waals surface area contributed by atoms with E-state index in [0.717, 1.165) is 28.9 Å². The summed E-state index contributed by atoms with van der Waals surface area (Å²) < 4.78 is 0. The molecular weight excluding hydrogens is 316 g/mol. The van der Waals surface area contributed by atoms with E-state index in [-0.39, 0.29) is 11.2 Å². The van der Waals surface area contributed by atoms with E-state index in [9.17, 15) is 4.79 Å². The smallest absolute Gasteiger partial charge is 0.233 e. The molecule has 1 unspecified atom stereocenters. The first kappa shape index (κ1) is 17.0. The lowest BCUT2D eigenvalue weighted by atomic mass is 9.97. The Morgan fingerprint density at radius 3 is 2.96 bits per heavy atom. The summed E-state index contributed by atoms with van der Waals surface area (Å²) in [6.07, 6.45) is 8.32. The molecule has 2 aromatic rings. The van der Waals surface area contributed by atoms with Crippen molar-refractivity contribution in [1.29, 1.82) is 0 Å². The van der Waals surface area contributed by atoms with Crippen molar-refractivity contribution in [3.8, 4) is 0 Å². The predicted molar refractivity (Wildman–Crippen MR) is 101 cm³/mol. The largest absolute Gasteiger partial charge is 0.355 e. The first-order valence-corrected chi connectivity index (χ1v) is 9.58. The first-order valence-electron chi connectivity index (χ1n) is 8.70. The maximum atomic E-state index is 12.3. The third kappa shape index (κ3) is 4.60. The number of pyridine rings is 1. The zero-order valence-corrected chi connectivity index (χ0v) is 14.9. The van der Waals surface area contributed by atoms with Crippen molar-refractivity contribution >= 4 is 28.6 Å². The molecule has 1 atom stereocenters. The Hall–Kier alpha value is -1.81. The number of nitrogens with zero attached hydrogens (tertiary/aromatic N) is 1. The number of hydrogen-bond donors (Lipinski definition) is 1. The standard InChI is InChI=1S/C20H24N2OS/c1-15(20(23)21-14-13-16-7-3-2-4-8-16)24-19-12-11-17-9-5-6-10-18(17)22-19/h5-7,9-12,15H,2-4,8,13-14H2,1H3,(H,21,23). The van der Waals surface area contributed by atoms with E-state index >= 15 is 0 Å². The van der Waals surface area contributed by atoms with Crippen LogP contribution >= 0.6 is 11.8 Å². The first-order chi connectivity index (χ1) is 11.7. The number of carbonyl (C=O) groups excluding carboxylic acids is 1. The zero-order valence-electron chi connectivity index (χ0n) is 14.1. The summed E-state index contributed by atoms with van der Waals surface area (Å²) in [5.74, 6) is 0.0892. The lowest BCUT2D eigenvalue weighted by molar-refractivity contribution is -0.120. The SMILES string of the molecule is CC(Sc1ccc2ccccc2n1)C(=O)NCCC1=CCCCC1. The van der Waals surface area contributed by atoms with Gasteiger partial charge in [0.25, 0.3) is 0 Å². The molecule has 1 aliphatic carbocycles. The average Bonchev–Trinajstić information content (AvgIpc) is 2.62. The molecule has 4 heteroatoms. The van der Waals surface area contributed by atoms with Crippen LogP contribution in [0, 0.1) is 0 Å². The van der Waals surface area contributed by atoms with Gasteiger partial charge in [-0.05, 0) is 51.2 Å². The van der Waals surface area contributed by atoms with Gasteiger partial charge in [-0.1, -0.05) is 47.7 Å². The fraction of sp³-hybridized carbons (Fsp3) is 0.400. The Kier molecular flexibility index (Phi) is 5.91. The molecule has 126 valence electrons. The van der Waals surface area contributed by atoms with Crippen LogP contribution in [0.5, 0.6) is 0 Å². The Morgan fingerprint density at radius 1 is 1.25 bits per heavy atom. The normalized spacial score (nSPS) is 15.8. The maximum absolute atomic E-state index is 12.3. The lowest BCUT2D eigenvalue weighted by Crippen LogP contribution is -2.31. The number of para-hydroxylation sites is 1. The molecule has 1 amide bonds. The second-order valence-corrected chi connectivity index (χ2v) is 7.61. The summed E-state index contributed by atoms with van der Waals surface area (Å²) in [4.78, 5) is 16.9. The fourth-order valence-corrected chi connectivity index (χ4v) is 3.82. The molecule has 0 radical (unpaired) electrons. The Bertz CT molecular complexity index is 741. The maximum Gasteiger partial charge on any atom is 0.233 e. The number of rotatable bonds is 6. The average molecular weight is 340 g/mol. The molecule has 3 nitrogen and oxygen atoms in total. The van der Waals surface area contributed by atoms with Crippen LogP contribution in [0.15, 0.2) is 53.1 Å². The fourth-order valence-electron chi connectivity index (χ4n) is 2.97. The lowest BCUT2D eigenvalue weighted by Gasteiger charge is -2.15. The van der Waals surface area contributed by atoms with Gasteiger partial charge in [0.2, 0.25) is 5.91 Å². The number of benzene rings is 1. The number of allylic oxidation sites excluding steroid dienone is 1. The Balaban J connectivity index is 1.50. The molecule has 1 aromatic carbocycles. The highest BCUT2D eigenvalue weighted by Gasteiger charge is 2.15. The Labute approximate surface area is 147 Å². The molecule has 1 aliphatic rings. The minimum absolute atomic E-state index is 0.0892. The number of nitrogens with one attached hydrogen (secondary N) is 1. The third-order valence-electron chi connectivity index (χ3n) is 4.37. The molecule has 1 N–H and O–H groups in total. The molecule has 0 saturated heterocycles. The summed E-state index contributed by atoms with van der Waals surface area (Å²) in [5.41, 5.74) is 2.47. The molecule has 24 heavy (non-hydrogen) atoms. The van der Waals surface area contributed by atoms with Gasteiger partial charge in [0.15, 0.2) is 0 Å². The van der Waals surface area contributed by atoms with Crippen molar-refractivity contribution in [1.82, 2.24) is 10.3 Å². The van der Waals surface area contributed by atoms with E-state index < -0.39 is 0 Å². The minimum Gasteiger partial charge on any atom is -0.355 e. The van der Waals surface area contributed by atoms with E-state index in [4.69, 9.17) is 0 Å². The molecule has 1 heterocycles. The summed E-state index contributed by atoms with van der Waals surface area (Å²) >= 11 is 1.51. The van der Waals surface area contributed by atoms with E-state index in [1.807, 2.05) is 37.3 Å². The van der Waals surface area contributed by atoms with Gasteiger partial charge in [0.05, 0.1) is 15.8 Å². The van der Waals surface area contributed by atoms with Crippen molar-refractivity contribution < 1.29 is 4.79 Å². The zero-order chi connectivity index (χ0) is 16.8. The molecule has 0 saturated carbocycles. The summed E-state index contributed by atoms with van der Waals surface area (Å²) in [7, 11) is 0. The molecular formula is C20H24N2OS. The highest BCUT2D eigenvalue weighted by atomic mass is 32.2. The monoisotopic (exact) mass is 340 g/mol. The topological polar surface area (TPSA) is 42.0 Å². The minimum atomic E-state index is -0.140. The number of carbonyl (C=O) groups is 1. The van der Waals surface area contributed by atoms with Crippen LogP contribution in [-0.2, 0) is 4.79 Å². The molecule has 1 aromatic heterocycles. The van der Waals surface area contributed by atoms with Gasteiger partial charge in [-0.2, -0.15) is 0 Å². The van der Waals surface area contributed by atoms with Crippen LogP contribution in [0.4, 0.5) is 0 Å². The third-order valence-corrected chi connectivity index (χ3v) is 5.41. The van der Waals surface area contributed by atoms with Crippen LogP contribution in [0.2, 0.25) is 0 Å². The second-order valence-electron chi connectivity index (χ2n) is 6.25. The van der Waals surface area contributed by atoms with Gasteiger partial charge in [-0.3, -0.25) is 4.79 Å². The number of fused-ring (bicyclic) bond motifs is 1. The quantitative estimate of drug-likeness (QED) is 0.611. The summed E-state index contributed by atoms with van der Waals surface area (Å²) in [6.45, 7) is 2.68. The van der Waals surface area contributed by atoms with Gasteiger partial charge in [0, 0.05) is 11.9 Å². The van der Waals surface area contributed by atoms with Gasteiger partial charge in [0.1, 0.15) is 0 Å². The number of hydrogen-bond acceptors (Lipinski definition) is 3. The van der Waals surface area contributed by atoms with Crippen molar-refractivity contribution in [2.24, 2.45) is 0 Å². The predicted octanol–water partition coefficient (Wildman–Crippen LogP) is 4.72. The van der Waals surface area contributed by atoms with E-state index in [0.29, 0.717) is 0 Å². The number of amides is 1. The summed E-state index contributed by atoms with van der Waals surface area (Å²) in [6, 6.07) is 12.1. The van der Waals surface area contributed by atoms with Crippen LogP contribution in [-0.4, -0.2) is 22.7 Å². The highest BCUT2D eigenvalue weighted by Crippen LogP contribution is 2.24. The molecule has 0 fully saturated rings. The highest BCUT2D eigenvalue weighted by molar-refractivity contribution is 8.00. The molecule has 0 spiro atoms. The van der Waals surface area contributed by atoms with Crippen molar-refractivity contribution in [2.45, 2.75) is 49.3 Å². The number of thioether (sulfide) groups is 1. The van der Waals surface area contributed by atoms with Crippen molar-refractivity contribution in [2.75, 3.05) is 6.54 Å². The van der Waals surface area contributed by atoms with Crippen LogP contribution in [0.1, 0.15) is 39.0 Å². The van der Waals surface area contributed by atoms with E-state index in [1.54, 1.807) is 0 Å². The van der Waals surface area contributed by atoms with Crippen LogP contribution in [0.25, 0.3) is 10.9 Å². The second kappa shape index (κ2) is 8.34.